The van der Waals surface area contributed by atoms with E-state index in [-0.39, 0.29) is 12.3 Å². The zero-order valence-electron chi connectivity index (χ0n) is 15.3. The summed E-state index contributed by atoms with van der Waals surface area (Å²) in [6.45, 7) is 3.11. The molecule has 5 nitrogen and oxygen atoms in total. The summed E-state index contributed by atoms with van der Waals surface area (Å²) in [5.41, 5.74) is 3.10. The number of nitrogens with zero attached hydrogens (tertiary/aromatic N) is 1. The Morgan fingerprint density at radius 2 is 1.78 bits per heavy atom. The van der Waals surface area contributed by atoms with Crippen LogP contribution in [-0.4, -0.2) is 17.5 Å². The quantitative estimate of drug-likeness (QED) is 0.624. The average molecular weight is 361 g/mol. The molecule has 0 saturated heterocycles. The standard InChI is InChI=1S/C22H23N3O2/c1-17-7-9-18(10-8-17)15-23-21-12-11-19(16-24-21)25-22(26)13-14-27-20-5-3-2-4-6-20/h2-12,16H,13-15H2,1H3,(H,23,24)(H,25,26). The second-order valence-corrected chi connectivity index (χ2v) is 6.23. The highest BCUT2D eigenvalue weighted by Crippen LogP contribution is 2.12. The van der Waals surface area contributed by atoms with E-state index in [4.69, 9.17) is 4.74 Å². The van der Waals surface area contributed by atoms with Gasteiger partial charge in [-0.1, -0.05) is 48.0 Å². The summed E-state index contributed by atoms with van der Waals surface area (Å²) in [6.07, 6.45) is 1.93. The third-order valence-corrected chi connectivity index (χ3v) is 3.98. The Labute approximate surface area is 159 Å². The predicted molar refractivity (Wildman–Crippen MR) is 108 cm³/mol. The van der Waals surface area contributed by atoms with Crippen LogP contribution in [0.2, 0.25) is 0 Å². The lowest BCUT2D eigenvalue weighted by Crippen LogP contribution is -2.15. The maximum absolute atomic E-state index is 12.0. The molecule has 0 fully saturated rings. The van der Waals surface area contributed by atoms with Crippen LogP contribution in [0.1, 0.15) is 17.5 Å². The van der Waals surface area contributed by atoms with Gasteiger partial charge in [0.25, 0.3) is 0 Å². The first-order chi connectivity index (χ1) is 13.2. The second-order valence-electron chi connectivity index (χ2n) is 6.23. The fraction of sp³-hybridized carbons (Fsp3) is 0.182. The van der Waals surface area contributed by atoms with Crippen LogP contribution in [0.3, 0.4) is 0 Å². The molecule has 0 unspecified atom stereocenters. The first-order valence-electron chi connectivity index (χ1n) is 8.92. The number of rotatable bonds is 8. The minimum Gasteiger partial charge on any atom is -0.493 e. The normalized spacial score (nSPS) is 10.3. The van der Waals surface area contributed by atoms with Gasteiger partial charge >= 0.3 is 0 Å². The lowest BCUT2D eigenvalue weighted by Gasteiger charge is -2.09. The molecule has 0 bridgehead atoms. The maximum atomic E-state index is 12.0. The molecule has 27 heavy (non-hydrogen) atoms. The van der Waals surface area contributed by atoms with Crippen molar-refractivity contribution in [1.82, 2.24) is 4.98 Å². The second kappa shape index (κ2) is 9.38. The van der Waals surface area contributed by atoms with Crippen LogP contribution in [-0.2, 0) is 11.3 Å². The highest BCUT2D eigenvalue weighted by Gasteiger charge is 2.04. The number of para-hydroxylation sites is 1. The number of carbonyl (C=O) groups excluding carboxylic acids is 1. The Balaban J connectivity index is 1.41. The van der Waals surface area contributed by atoms with E-state index in [0.29, 0.717) is 18.8 Å². The molecule has 0 aliphatic carbocycles. The van der Waals surface area contributed by atoms with Crippen molar-refractivity contribution in [2.45, 2.75) is 19.9 Å². The number of aryl methyl sites for hydroxylation is 1. The fourth-order valence-corrected chi connectivity index (χ4v) is 2.47. The summed E-state index contributed by atoms with van der Waals surface area (Å²) < 4.78 is 5.53. The number of benzene rings is 2. The lowest BCUT2D eigenvalue weighted by molar-refractivity contribution is -0.116. The Morgan fingerprint density at radius 1 is 1.00 bits per heavy atom. The van der Waals surface area contributed by atoms with Crippen molar-refractivity contribution in [2.24, 2.45) is 0 Å². The molecule has 0 aliphatic heterocycles. The number of nitrogens with one attached hydrogen (secondary N) is 2. The molecule has 0 atom stereocenters. The number of anilines is 2. The van der Waals surface area contributed by atoms with Gasteiger partial charge in [-0.3, -0.25) is 4.79 Å². The summed E-state index contributed by atoms with van der Waals surface area (Å²) in [5.74, 6) is 1.42. The van der Waals surface area contributed by atoms with Gasteiger partial charge in [-0.25, -0.2) is 4.98 Å². The molecule has 1 heterocycles. The van der Waals surface area contributed by atoms with E-state index < -0.39 is 0 Å². The average Bonchev–Trinajstić information content (AvgIpc) is 2.69. The fourth-order valence-electron chi connectivity index (χ4n) is 2.47. The van der Waals surface area contributed by atoms with Gasteiger partial charge in [0.2, 0.25) is 5.91 Å². The predicted octanol–water partition coefficient (Wildman–Crippen LogP) is 4.41. The van der Waals surface area contributed by atoms with Crippen molar-refractivity contribution in [3.63, 3.8) is 0 Å². The van der Waals surface area contributed by atoms with Crippen LogP contribution in [0.25, 0.3) is 0 Å². The highest BCUT2D eigenvalue weighted by molar-refractivity contribution is 5.90. The topological polar surface area (TPSA) is 63.2 Å². The van der Waals surface area contributed by atoms with Gasteiger partial charge in [0, 0.05) is 6.54 Å². The number of pyridine rings is 1. The van der Waals surface area contributed by atoms with Gasteiger partial charge in [0.1, 0.15) is 11.6 Å². The van der Waals surface area contributed by atoms with Gasteiger partial charge < -0.3 is 15.4 Å². The van der Waals surface area contributed by atoms with Gasteiger partial charge in [-0.15, -0.1) is 0 Å². The summed E-state index contributed by atoms with van der Waals surface area (Å²) in [6, 6.07) is 21.5. The van der Waals surface area contributed by atoms with Crippen molar-refractivity contribution >= 4 is 17.4 Å². The van der Waals surface area contributed by atoms with Crippen LogP contribution in [0.5, 0.6) is 5.75 Å². The Hall–Kier alpha value is -3.34. The van der Waals surface area contributed by atoms with Crippen molar-refractivity contribution < 1.29 is 9.53 Å². The summed E-state index contributed by atoms with van der Waals surface area (Å²) >= 11 is 0. The minimum absolute atomic E-state index is 0.104. The van der Waals surface area contributed by atoms with Crippen LogP contribution in [0.15, 0.2) is 72.9 Å². The van der Waals surface area contributed by atoms with Crippen molar-refractivity contribution in [1.29, 1.82) is 0 Å². The Kier molecular flexibility index (Phi) is 6.41. The molecule has 2 aromatic carbocycles. The molecule has 0 spiro atoms. The van der Waals surface area contributed by atoms with Crippen molar-refractivity contribution in [2.75, 3.05) is 17.2 Å². The smallest absolute Gasteiger partial charge is 0.227 e. The molecular formula is C22H23N3O2. The highest BCUT2D eigenvalue weighted by atomic mass is 16.5. The summed E-state index contributed by atoms with van der Waals surface area (Å²) in [7, 11) is 0. The first kappa shape index (κ1) is 18.5. The number of carbonyl (C=O) groups is 1. The van der Waals surface area contributed by atoms with Crippen molar-refractivity contribution in [3.05, 3.63) is 84.1 Å². The van der Waals surface area contributed by atoms with Crippen molar-refractivity contribution in [3.8, 4) is 5.75 Å². The monoisotopic (exact) mass is 361 g/mol. The molecule has 0 radical (unpaired) electrons. The van der Waals surface area contributed by atoms with Gasteiger partial charge in [0.05, 0.1) is 24.9 Å². The zero-order chi connectivity index (χ0) is 18.9. The first-order valence-corrected chi connectivity index (χ1v) is 8.92. The molecule has 2 N–H and O–H groups in total. The van der Waals surface area contributed by atoms with Crippen LogP contribution < -0.4 is 15.4 Å². The molecule has 138 valence electrons. The number of amides is 1. The van der Waals surface area contributed by atoms with Crippen LogP contribution in [0.4, 0.5) is 11.5 Å². The van der Waals surface area contributed by atoms with E-state index in [1.54, 1.807) is 6.20 Å². The van der Waals surface area contributed by atoms with E-state index in [1.165, 1.54) is 11.1 Å². The number of aromatic nitrogens is 1. The number of hydrogen-bond donors (Lipinski definition) is 2. The molecular weight excluding hydrogens is 338 g/mol. The third-order valence-electron chi connectivity index (χ3n) is 3.98. The molecule has 3 aromatic rings. The van der Waals surface area contributed by atoms with Crippen LogP contribution >= 0.6 is 0 Å². The zero-order valence-corrected chi connectivity index (χ0v) is 15.3. The van der Waals surface area contributed by atoms with Gasteiger partial charge in [-0.2, -0.15) is 0 Å². The molecule has 5 heteroatoms. The van der Waals surface area contributed by atoms with E-state index in [9.17, 15) is 4.79 Å². The molecule has 0 saturated carbocycles. The van der Waals surface area contributed by atoms with Gasteiger partial charge in [-0.05, 0) is 36.8 Å². The number of hydrogen-bond acceptors (Lipinski definition) is 4. The molecule has 3 rings (SSSR count). The minimum atomic E-state index is -0.104. The third kappa shape index (κ3) is 6.15. The van der Waals surface area contributed by atoms with E-state index in [0.717, 1.165) is 11.6 Å². The molecule has 1 aromatic heterocycles. The summed E-state index contributed by atoms with van der Waals surface area (Å²) in [4.78, 5) is 16.3. The molecule has 1 amide bonds. The Morgan fingerprint density at radius 3 is 2.48 bits per heavy atom. The van der Waals surface area contributed by atoms with E-state index in [1.807, 2.05) is 42.5 Å². The van der Waals surface area contributed by atoms with Crippen LogP contribution in [0, 0.1) is 6.92 Å². The molecule has 0 aliphatic rings. The SMILES string of the molecule is Cc1ccc(CNc2ccc(NC(=O)CCOc3ccccc3)cn2)cc1. The van der Waals surface area contributed by atoms with E-state index >= 15 is 0 Å². The Bertz CT molecular complexity index is 847. The lowest BCUT2D eigenvalue weighted by atomic mass is 10.1. The number of ether oxygens (including phenoxy) is 1. The maximum Gasteiger partial charge on any atom is 0.227 e. The van der Waals surface area contributed by atoms with Gasteiger partial charge in [0.15, 0.2) is 0 Å². The summed E-state index contributed by atoms with van der Waals surface area (Å²) in [5, 5.41) is 6.10. The largest absolute Gasteiger partial charge is 0.493 e. The van der Waals surface area contributed by atoms with E-state index in [2.05, 4.69) is 46.8 Å².